The van der Waals surface area contributed by atoms with Crippen LogP contribution in [0.15, 0.2) is 60.9 Å². The number of aromatic nitrogens is 1. The number of fused-ring (bicyclic) bond motifs is 2. The second kappa shape index (κ2) is 7.84. The van der Waals surface area contributed by atoms with Gasteiger partial charge in [-0.05, 0) is 42.0 Å². The molecule has 2 amide bonds. The van der Waals surface area contributed by atoms with E-state index in [9.17, 15) is 9.59 Å². The first-order valence-corrected chi connectivity index (χ1v) is 9.46. The van der Waals surface area contributed by atoms with Crippen molar-refractivity contribution in [1.82, 2.24) is 10.3 Å². The van der Waals surface area contributed by atoms with Crippen LogP contribution in [0.4, 0.5) is 5.69 Å². The Kier molecular flexibility index (Phi) is 5.10. The van der Waals surface area contributed by atoms with Gasteiger partial charge in [0.15, 0.2) is 0 Å². The number of carbonyl (C=O) groups is 2. The molecule has 144 valence electrons. The fraction of sp³-hybridized carbons (Fsp3) is 0.318. The van der Waals surface area contributed by atoms with Crippen LogP contribution in [0.2, 0.25) is 0 Å². The van der Waals surface area contributed by atoms with Crippen molar-refractivity contribution in [3.8, 4) is 5.75 Å². The molecule has 2 N–H and O–H groups in total. The molecule has 0 saturated heterocycles. The van der Waals surface area contributed by atoms with E-state index in [4.69, 9.17) is 4.74 Å². The van der Waals surface area contributed by atoms with Gasteiger partial charge in [-0.25, -0.2) is 0 Å². The number of ether oxygens (including phenoxy) is 1. The topological polar surface area (TPSA) is 80.3 Å². The Morgan fingerprint density at radius 1 is 1.07 bits per heavy atom. The van der Waals surface area contributed by atoms with E-state index in [1.54, 1.807) is 31.6 Å². The molecular formula is C22H23N3O3. The second-order valence-corrected chi connectivity index (χ2v) is 7.27. The molecular weight excluding hydrogens is 354 g/mol. The lowest BCUT2D eigenvalue weighted by atomic mass is 9.81. The van der Waals surface area contributed by atoms with Crippen LogP contribution in [-0.4, -0.2) is 23.9 Å². The summed E-state index contributed by atoms with van der Waals surface area (Å²) in [6.07, 6.45) is 8.42. The van der Waals surface area contributed by atoms with Crippen LogP contribution in [0.3, 0.4) is 0 Å². The normalized spacial score (nSPS) is 24.8. The van der Waals surface area contributed by atoms with Gasteiger partial charge in [0.2, 0.25) is 11.8 Å². The van der Waals surface area contributed by atoms with Crippen molar-refractivity contribution < 1.29 is 14.3 Å². The number of rotatable bonds is 6. The van der Waals surface area contributed by atoms with E-state index in [1.807, 2.05) is 24.3 Å². The fourth-order valence-electron chi connectivity index (χ4n) is 4.31. The predicted molar refractivity (Wildman–Crippen MR) is 105 cm³/mol. The van der Waals surface area contributed by atoms with E-state index in [0.717, 1.165) is 12.0 Å². The fourth-order valence-corrected chi connectivity index (χ4v) is 4.31. The number of para-hydroxylation sites is 2. The molecule has 1 saturated carbocycles. The monoisotopic (exact) mass is 377 g/mol. The minimum absolute atomic E-state index is 0.0825. The molecule has 1 heterocycles. The number of nitrogens with zero attached hydrogens (tertiary/aromatic N) is 1. The molecule has 0 spiro atoms. The maximum Gasteiger partial charge on any atom is 0.229 e. The molecule has 2 aliphatic carbocycles. The molecule has 0 aliphatic heterocycles. The maximum absolute atomic E-state index is 13.1. The molecule has 4 rings (SSSR count). The lowest BCUT2D eigenvalue weighted by molar-refractivity contribution is -0.133. The molecule has 28 heavy (non-hydrogen) atoms. The van der Waals surface area contributed by atoms with Crippen LogP contribution in [0.5, 0.6) is 5.75 Å². The number of carbonyl (C=O) groups excluding carboxylic acids is 2. The Morgan fingerprint density at radius 3 is 2.54 bits per heavy atom. The molecule has 6 heteroatoms. The molecule has 1 aromatic heterocycles. The van der Waals surface area contributed by atoms with Crippen LogP contribution >= 0.6 is 0 Å². The standard InChI is InChI=1S/C22H23N3O3/c1-28-18-7-3-2-6-17(18)25-22(27)20-16-9-8-15(11-16)19(20)21(26)24-13-14-5-4-10-23-12-14/h2-10,12,15-16,19-20H,11,13H2,1H3,(H,24,26)(H,25,27). The highest BCUT2D eigenvalue weighted by molar-refractivity contribution is 5.98. The largest absolute Gasteiger partial charge is 0.495 e. The van der Waals surface area contributed by atoms with Gasteiger partial charge >= 0.3 is 0 Å². The molecule has 4 unspecified atom stereocenters. The Hall–Kier alpha value is -3.15. The van der Waals surface area contributed by atoms with Gasteiger partial charge in [-0.15, -0.1) is 0 Å². The minimum atomic E-state index is -0.381. The van der Waals surface area contributed by atoms with Gasteiger partial charge in [-0.1, -0.05) is 30.4 Å². The van der Waals surface area contributed by atoms with Crippen molar-refractivity contribution in [3.63, 3.8) is 0 Å². The molecule has 2 aromatic rings. The quantitative estimate of drug-likeness (QED) is 0.759. The summed E-state index contributed by atoms with van der Waals surface area (Å²) in [5.74, 6) is -0.160. The summed E-state index contributed by atoms with van der Waals surface area (Å²) in [5, 5.41) is 5.94. The van der Waals surface area contributed by atoms with Crippen molar-refractivity contribution in [3.05, 3.63) is 66.5 Å². The summed E-state index contributed by atoms with van der Waals surface area (Å²) in [7, 11) is 1.57. The number of hydrogen-bond acceptors (Lipinski definition) is 4. The first-order valence-electron chi connectivity index (χ1n) is 9.46. The van der Waals surface area contributed by atoms with Crippen LogP contribution < -0.4 is 15.4 Å². The smallest absolute Gasteiger partial charge is 0.229 e. The van der Waals surface area contributed by atoms with Crippen molar-refractivity contribution in [2.75, 3.05) is 12.4 Å². The van der Waals surface area contributed by atoms with E-state index in [2.05, 4.69) is 27.8 Å². The highest BCUT2D eigenvalue weighted by atomic mass is 16.5. The maximum atomic E-state index is 13.1. The number of anilines is 1. The van der Waals surface area contributed by atoms with Gasteiger partial charge in [0.05, 0.1) is 24.6 Å². The number of benzene rings is 1. The second-order valence-electron chi connectivity index (χ2n) is 7.27. The van der Waals surface area contributed by atoms with Crippen LogP contribution in [-0.2, 0) is 16.1 Å². The summed E-state index contributed by atoms with van der Waals surface area (Å²) in [6, 6.07) is 11.1. The van der Waals surface area contributed by atoms with Crippen molar-refractivity contribution in [2.45, 2.75) is 13.0 Å². The third kappa shape index (κ3) is 3.50. The third-order valence-electron chi connectivity index (χ3n) is 5.62. The van der Waals surface area contributed by atoms with Crippen molar-refractivity contribution in [2.24, 2.45) is 23.7 Å². The molecule has 2 aliphatic rings. The van der Waals surface area contributed by atoms with Gasteiger partial charge in [0.25, 0.3) is 0 Å². The number of hydrogen-bond donors (Lipinski definition) is 2. The highest BCUT2D eigenvalue weighted by Crippen LogP contribution is 2.48. The van der Waals surface area contributed by atoms with Crippen molar-refractivity contribution >= 4 is 17.5 Å². The van der Waals surface area contributed by atoms with Gasteiger partial charge in [-0.2, -0.15) is 0 Å². The molecule has 1 fully saturated rings. The highest BCUT2D eigenvalue weighted by Gasteiger charge is 2.51. The molecule has 0 radical (unpaired) electrons. The Labute approximate surface area is 164 Å². The first-order chi connectivity index (χ1) is 13.7. The van der Waals surface area contributed by atoms with Crippen LogP contribution in [0, 0.1) is 23.7 Å². The van der Waals surface area contributed by atoms with Gasteiger partial charge < -0.3 is 15.4 Å². The SMILES string of the molecule is COc1ccccc1NC(=O)C1C2C=CC(C2)C1C(=O)NCc1cccnc1. The number of amides is 2. The van der Waals surface area contributed by atoms with Gasteiger partial charge in [0, 0.05) is 18.9 Å². The molecule has 6 nitrogen and oxygen atoms in total. The van der Waals surface area contributed by atoms with E-state index in [0.29, 0.717) is 18.0 Å². The van der Waals surface area contributed by atoms with E-state index < -0.39 is 0 Å². The Bertz CT molecular complexity index is 897. The number of nitrogens with one attached hydrogen (secondary N) is 2. The zero-order valence-electron chi connectivity index (χ0n) is 15.7. The molecule has 1 aromatic carbocycles. The molecule has 4 atom stereocenters. The Morgan fingerprint density at radius 2 is 1.82 bits per heavy atom. The predicted octanol–water partition coefficient (Wildman–Crippen LogP) is 2.78. The van der Waals surface area contributed by atoms with E-state index in [1.165, 1.54) is 0 Å². The third-order valence-corrected chi connectivity index (χ3v) is 5.62. The average molecular weight is 377 g/mol. The minimum Gasteiger partial charge on any atom is -0.495 e. The zero-order valence-corrected chi connectivity index (χ0v) is 15.7. The van der Waals surface area contributed by atoms with Gasteiger partial charge in [0.1, 0.15) is 5.75 Å². The summed E-state index contributed by atoms with van der Waals surface area (Å²) < 4.78 is 5.32. The van der Waals surface area contributed by atoms with E-state index >= 15 is 0 Å². The number of methoxy groups -OCH3 is 1. The zero-order chi connectivity index (χ0) is 19.5. The Balaban J connectivity index is 1.48. The summed E-state index contributed by atoms with van der Waals surface area (Å²) in [5.41, 5.74) is 1.56. The average Bonchev–Trinajstić information content (AvgIpc) is 3.35. The number of allylic oxidation sites excluding steroid dienone is 2. The van der Waals surface area contributed by atoms with Crippen molar-refractivity contribution in [1.29, 1.82) is 0 Å². The lowest BCUT2D eigenvalue weighted by Crippen LogP contribution is -2.41. The first kappa shape index (κ1) is 18.2. The lowest BCUT2D eigenvalue weighted by Gasteiger charge is -2.26. The van der Waals surface area contributed by atoms with Crippen LogP contribution in [0.1, 0.15) is 12.0 Å². The van der Waals surface area contributed by atoms with Crippen LogP contribution in [0.25, 0.3) is 0 Å². The number of pyridine rings is 1. The summed E-state index contributed by atoms with van der Waals surface area (Å²) in [4.78, 5) is 30.1. The summed E-state index contributed by atoms with van der Waals surface area (Å²) in [6.45, 7) is 0.408. The molecule has 2 bridgehead atoms. The van der Waals surface area contributed by atoms with E-state index in [-0.39, 0.29) is 35.5 Å². The summed E-state index contributed by atoms with van der Waals surface area (Å²) >= 11 is 0. The van der Waals surface area contributed by atoms with Gasteiger partial charge in [-0.3, -0.25) is 14.6 Å².